The number of aromatic nitrogens is 2. The Morgan fingerprint density at radius 3 is 3.04 bits per heavy atom. The van der Waals surface area contributed by atoms with Gasteiger partial charge in [0.15, 0.2) is 5.82 Å². The molecule has 2 amide bonds. The van der Waals surface area contributed by atoms with Gasteiger partial charge in [-0.15, -0.1) is 0 Å². The highest BCUT2D eigenvalue weighted by Gasteiger charge is 2.15. The van der Waals surface area contributed by atoms with Gasteiger partial charge in [-0.25, -0.2) is 4.79 Å². The Morgan fingerprint density at radius 1 is 1.44 bits per heavy atom. The molecule has 1 aliphatic heterocycles. The van der Waals surface area contributed by atoms with Crippen molar-refractivity contribution in [1.82, 2.24) is 20.4 Å². The third kappa shape index (κ3) is 4.10. The molecule has 0 aliphatic carbocycles. The van der Waals surface area contributed by atoms with Gasteiger partial charge in [0, 0.05) is 39.3 Å². The normalized spacial score (nSPS) is 13.5. The standard InChI is InChI=1S/C18H25N5O2/c1-4-16-20-17(25-21-16)12-23(3)18(24)19-11-13-7-8-15-14(10-13)6-5-9-22(15)2/h7-8,10H,4-6,9,11-12H2,1-3H3,(H,19,24). The molecule has 0 radical (unpaired) electrons. The van der Waals surface area contributed by atoms with E-state index in [2.05, 4.69) is 45.6 Å². The number of nitrogens with zero attached hydrogens (tertiary/aromatic N) is 4. The Kier molecular flexibility index (Phi) is 5.21. The second kappa shape index (κ2) is 7.55. The van der Waals surface area contributed by atoms with Gasteiger partial charge in [0.2, 0.25) is 5.89 Å². The van der Waals surface area contributed by atoms with Crippen molar-refractivity contribution in [2.45, 2.75) is 39.3 Å². The van der Waals surface area contributed by atoms with Crippen LogP contribution in [0, 0.1) is 0 Å². The third-order valence-electron chi connectivity index (χ3n) is 4.48. The minimum atomic E-state index is -0.161. The maximum atomic E-state index is 12.3. The maximum Gasteiger partial charge on any atom is 0.317 e. The minimum Gasteiger partial charge on any atom is -0.374 e. The summed E-state index contributed by atoms with van der Waals surface area (Å²) < 4.78 is 5.12. The number of aryl methyl sites for hydroxylation is 2. The van der Waals surface area contributed by atoms with Gasteiger partial charge in [-0.1, -0.05) is 24.2 Å². The molecule has 134 valence electrons. The number of fused-ring (bicyclic) bond motifs is 1. The first-order chi connectivity index (χ1) is 12.1. The van der Waals surface area contributed by atoms with E-state index in [1.807, 2.05) is 6.92 Å². The Balaban J connectivity index is 1.54. The molecule has 3 rings (SSSR count). The Bertz CT molecular complexity index is 743. The topological polar surface area (TPSA) is 74.5 Å². The van der Waals surface area contributed by atoms with Gasteiger partial charge in [0.25, 0.3) is 0 Å². The molecule has 0 saturated heterocycles. The van der Waals surface area contributed by atoms with Gasteiger partial charge < -0.3 is 19.6 Å². The fourth-order valence-corrected chi connectivity index (χ4v) is 3.03. The summed E-state index contributed by atoms with van der Waals surface area (Å²) in [6.45, 7) is 3.86. The first kappa shape index (κ1) is 17.3. The van der Waals surface area contributed by atoms with Crippen molar-refractivity contribution in [2.75, 3.05) is 25.5 Å². The molecule has 0 atom stereocenters. The number of amides is 2. The van der Waals surface area contributed by atoms with Crippen molar-refractivity contribution in [3.63, 3.8) is 0 Å². The van der Waals surface area contributed by atoms with Crippen LogP contribution in [-0.4, -0.2) is 41.7 Å². The number of carbonyl (C=O) groups is 1. The molecule has 1 N–H and O–H groups in total. The van der Waals surface area contributed by atoms with E-state index in [1.165, 1.54) is 17.7 Å². The van der Waals surface area contributed by atoms with Crippen molar-refractivity contribution < 1.29 is 9.32 Å². The molecule has 0 unspecified atom stereocenters. The highest BCUT2D eigenvalue weighted by atomic mass is 16.5. The minimum absolute atomic E-state index is 0.161. The predicted octanol–water partition coefficient (Wildman–Crippen LogP) is 2.36. The smallest absolute Gasteiger partial charge is 0.317 e. The van der Waals surface area contributed by atoms with Crippen molar-refractivity contribution in [3.8, 4) is 0 Å². The van der Waals surface area contributed by atoms with E-state index in [1.54, 1.807) is 11.9 Å². The molecule has 25 heavy (non-hydrogen) atoms. The van der Waals surface area contributed by atoms with Crippen LogP contribution in [0.3, 0.4) is 0 Å². The first-order valence-corrected chi connectivity index (χ1v) is 8.70. The number of anilines is 1. The van der Waals surface area contributed by atoms with Gasteiger partial charge in [0.05, 0.1) is 0 Å². The van der Waals surface area contributed by atoms with Crippen LogP contribution in [0.15, 0.2) is 22.7 Å². The molecule has 2 heterocycles. The largest absolute Gasteiger partial charge is 0.374 e. The van der Waals surface area contributed by atoms with Gasteiger partial charge >= 0.3 is 6.03 Å². The molecule has 1 aromatic carbocycles. The summed E-state index contributed by atoms with van der Waals surface area (Å²) in [7, 11) is 3.84. The summed E-state index contributed by atoms with van der Waals surface area (Å²) in [6, 6.07) is 6.25. The number of hydrogen-bond donors (Lipinski definition) is 1. The van der Waals surface area contributed by atoms with Crippen LogP contribution >= 0.6 is 0 Å². The summed E-state index contributed by atoms with van der Waals surface area (Å²) in [6.07, 6.45) is 2.98. The fraction of sp³-hybridized carbons (Fsp3) is 0.500. The average Bonchev–Trinajstić information content (AvgIpc) is 3.07. The highest BCUT2D eigenvalue weighted by Crippen LogP contribution is 2.26. The maximum absolute atomic E-state index is 12.3. The van der Waals surface area contributed by atoms with Crippen LogP contribution in [0.1, 0.15) is 36.2 Å². The van der Waals surface area contributed by atoms with Gasteiger partial charge in [-0.05, 0) is 30.0 Å². The van der Waals surface area contributed by atoms with Crippen LogP contribution in [0.5, 0.6) is 0 Å². The quantitative estimate of drug-likeness (QED) is 0.902. The first-order valence-electron chi connectivity index (χ1n) is 8.70. The third-order valence-corrected chi connectivity index (χ3v) is 4.48. The Labute approximate surface area is 148 Å². The zero-order chi connectivity index (χ0) is 17.8. The van der Waals surface area contributed by atoms with Crippen LogP contribution in [0.4, 0.5) is 10.5 Å². The van der Waals surface area contributed by atoms with Crippen LogP contribution in [-0.2, 0) is 25.9 Å². The average molecular weight is 343 g/mol. The number of rotatable bonds is 5. The number of carbonyl (C=O) groups excluding carboxylic acids is 1. The zero-order valence-corrected chi connectivity index (χ0v) is 15.1. The van der Waals surface area contributed by atoms with E-state index in [9.17, 15) is 4.79 Å². The lowest BCUT2D eigenvalue weighted by molar-refractivity contribution is 0.199. The highest BCUT2D eigenvalue weighted by molar-refractivity contribution is 5.73. The molecule has 0 spiro atoms. The summed E-state index contributed by atoms with van der Waals surface area (Å²) in [5.74, 6) is 1.11. The predicted molar refractivity (Wildman–Crippen MR) is 95.4 cm³/mol. The molecule has 0 fully saturated rings. The molecule has 7 heteroatoms. The van der Waals surface area contributed by atoms with Crippen molar-refractivity contribution in [3.05, 3.63) is 41.0 Å². The molecule has 2 aromatic rings. The van der Waals surface area contributed by atoms with E-state index >= 15 is 0 Å². The van der Waals surface area contributed by atoms with E-state index < -0.39 is 0 Å². The Morgan fingerprint density at radius 2 is 2.28 bits per heavy atom. The Hall–Kier alpha value is -2.57. The number of hydrogen-bond acceptors (Lipinski definition) is 5. The molecular weight excluding hydrogens is 318 g/mol. The number of benzene rings is 1. The second-order valence-electron chi connectivity index (χ2n) is 6.46. The molecule has 7 nitrogen and oxygen atoms in total. The SMILES string of the molecule is CCc1noc(CN(C)C(=O)NCc2ccc3c(c2)CCCN3C)n1. The van der Waals surface area contributed by atoms with E-state index in [-0.39, 0.29) is 6.03 Å². The molecule has 1 aromatic heterocycles. The monoisotopic (exact) mass is 343 g/mol. The summed E-state index contributed by atoms with van der Waals surface area (Å²) in [4.78, 5) is 20.3. The van der Waals surface area contributed by atoms with Crippen molar-refractivity contribution >= 4 is 11.7 Å². The lowest BCUT2D eigenvalue weighted by atomic mass is 9.99. The summed E-state index contributed by atoms with van der Waals surface area (Å²) in [5.41, 5.74) is 3.76. The zero-order valence-electron chi connectivity index (χ0n) is 15.1. The van der Waals surface area contributed by atoms with Crippen molar-refractivity contribution in [1.29, 1.82) is 0 Å². The number of nitrogens with one attached hydrogen (secondary N) is 1. The lowest BCUT2D eigenvalue weighted by Gasteiger charge is -2.28. The second-order valence-corrected chi connectivity index (χ2v) is 6.46. The molecule has 0 bridgehead atoms. The van der Waals surface area contributed by atoms with E-state index in [4.69, 9.17) is 4.52 Å². The molecular formula is C18H25N5O2. The van der Waals surface area contributed by atoms with Gasteiger partial charge in [-0.2, -0.15) is 4.98 Å². The van der Waals surface area contributed by atoms with Crippen LogP contribution in [0.2, 0.25) is 0 Å². The van der Waals surface area contributed by atoms with Crippen LogP contribution in [0.25, 0.3) is 0 Å². The van der Waals surface area contributed by atoms with Crippen molar-refractivity contribution in [2.24, 2.45) is 0 Å². The number of urea groups is 1. The van der Waals surface area contributed by atoms with Gasteiger partial charge in [-0.3, -0.25) is 0 Å². The lowest BCUT2D eigenvalue weighted by Crippen LogP contribution is -2.36. The van der Waals surface area contributed by atoms with Gasteiger partial charge in [0.1, 0.15) is 6.54 Å². The summed E-state index contributed by atoms with van der Waals surface area (Å²) in [5, 5.41) is 6.78. The van der Waals surface area contributed by atoms with Crippen LogP contribution < -0.4 is 10.2 Å². The van der Waals surface area contributed by atoms with E-state index in [0.717, 1.165) is 18.5 Å². The van der Waals surface area contributed by atoms with E-state index in [0.29, 0.717) is 31.2 Å². The molecule has 0 saturated carbocycles. The molecule has 1 aliphatic rings. The fourth-order valence-electron chi connectivity index (χ4n) is 3.03. The summed E-state index contributed by atoms with van der Waals surface area (Å²) >= 11 is 0.